The van der Waals surface area contributed by atoms with Crippen molar-refractivity contribution in [3.8, 4) is 0 Å². The molecule has 2 atom stereocenters. The summed E-state index contributed by atoms with van der Waals surface area (Å²) in [6.07, 6.45) is 0. The van der Waals surface area contributed by atoms with Gasteiger partial charge in [-0.1, -0.05) is 29.3 Å². The molecule has 3 rings (SSSR count). The summed E-state index contributed by atoms with van der Waals surface area (Å²) in [6, 6.07) is 4.96. The predicted octanol–water partition coefficient (Wildman–Crippen LogP) is 5.41. The topological polar surface area (TPSA) is 74.8 Å². The Morgan fingerprint density at radius 3 is 2.72 bits per heavy atom. The number of amides is 1. The van der Waals surface area contributed by atoms with Crippen LogP contribution in [0.1, 0.15) is 41.7 Å². The van der Waals surface area contributed by atoms with Crippen molar-refractivity contribution >= 4 is 62.4 Å². The highest BCUT2D eigenvalue weighted by molar-refractivity contribution is 7.99. The Kier molecular flexibility index (Phi) is 6.94. The number of nitrogens with zero attached hydrogens (tertiary/aromatic N) is 1. The van der Waals surface area contributed by atoms with Crippen molar-refractivity contribution < 1.29 is 4.79 Å². The molecule has 3 aromatic rings. The maximum Gasteiger partial charge on any atom is 0.259 e. The summed E-state index contributed by atoms with van der Waals surface area (Å²) in [6.45, 7) is 7.61. The number of carbonyl (C=O) groups excluding carboxylic acids is 1. The number of hydrogen-bond acceptors (Lipinski definition) is 5. The van der Waals surface area contributed by atoms with Gasteiger partial charge in [0.2, 0.25) is 5.91 Å². The Balaban J connectivity index is 1.64. The number of thioether (sulfide) groups is 1. The second-order valence-electron chi connectivity index (χ2n) is 6.83. The van der Waals surface area contributed by atoms with Gasteiger partial charge < -0.3 is 10.3 Å². The minimum absolute atomic E-state index is 0.111. The van der Waals surface area contributed by atoms with Crippen LogP contribution in [0, 0.1) is 13.8 Å². The van der Waals surface area contributed by atoms with Crippen molar-refractivity contribution in [3.05, 3.63) is 60.4 Å². The van der Waals surface area contributed by atoms with Crippen molar-refractivity contribution in [2.75, 3.05) is 0 Å². The number of carbonyl (C=O) groups is 1. The predicted molar refractivity (Wildman–Crippen MR) is 123 cm³/mol. The average molecular weight is 470 g/mol. The Morgan fingerprint density at radius 1 is 1.31 bits per heavy atom. The van der Waals surface area contributed by atoms with E-state index in [0.29, 0.717) is 27.0 Å². The zero-order chi connectivity index (χ0) is 21.3. The summed E-state index contributed by atoms with van der Waals surface area (Å²) in [5.74, 6) is 0.896. The van der Waals surface area contributed by atoms with Crippen LogP contribution in [-0.4, -0.2) is 21.1 Å². The summed E-state index contributed by atoms with van der Waals surface area (Å²) >= 11 is 15.1. The number of nitrogens with one attached hydrogen (secondary N) is 2. The van der Waals surface area contributed by atoms with Crippen LogP contribution < -0.4 is 10.9 Å². The summed E-state index contributed by atoms with van der Waals surface area (Å²) in [5, 5.41) is 4.36. The van der Waals surface area contributed by atoms with Gasteiger partial charge in [0, 0.05) is 14.9 Å². The molecule has 2 aromatic heterocycles. The number of aromatic amines is 1. The van der Waals surface area contributed by atoms with Crippen molar-refractivity contribution in [1.82, 2.24) is 15.3 Å². The van der Waals surface area contributed by atoms with Gasteiger partial charge >= 0.3 is 0 Å². The summed E-state index contributed by atoms with van der Waals surface area (Å²) in [7, 11) is 0. The first-order valence-electron chi connectivity index (χ1n) is 9.03. The van der Waals surface area contributed by atoms with Crippen LogP contribution in [0.3, 0.4) is 0 Å². The van der Waals surface area contributed by atoms with Crippen molar-refractivity contribution in [2.45, 2.75) is 44.7 Å². The normalized spacial score (nSPS) is 13.4. The lowest BCUT2D eigenvalue weighted by molar-refractivity contribution is -0.120. The van der Waals surface area contributed by atoms with E-state index in [-0.39, 0.29) is 22.8 Å². The molecule has 0 radical (unpaired) electrons. The number of aromatic nitrogens is 2. The molecule has 2 unspecified atom stereocenters. The number of halogens is 2. The van der Waals surface area contributed by atoms with Gasteiger partial charge in [-0.05, 0) is 51.0 Å². The largest absolute Gasteiger partial charge is 0.349 e. The van der Waals surface area contributed by atoms with Gasteiger partial charge in [-0.3, -0.25) is 9.59 Å². The molecule has 0 saturated carbocycles. The van der Waals surface area contributed by atoms with Crippen LogP contribution >= 0.6 is 46.3 Å². The smallest absolute Gasteiger partial charge is 0.259 e. The van der Waals surface area contributed by atoms with Crippen LogP contribution in [0.25, 0.3) is 10.2 Å². The first-order chi connectivity index (χ1) is 13.7. The fourth-order valence-electron chi connectivity index (χ4n) is 2.91. The maximum absolute atomic E-state index is 12.6. The first kappa shape index (κ1) is 22.2. The molecular weight excluding hydrogens is 449 g/mol. The SMILES string of the molecule is Cc1sc2nc(CSC(C)C(=O)NC(C)c3ccc(Cl)cc3Cl)[nH]c(=O)c2c1C. The first-order valence-corrected chi connectivity index (χ1v) is 11.6. The Labute approximate surface area is 187 Å². The number of rotatable bonds is 6. The molecule has 5 nitrogen and oxygen atoms in total. The fourth-order valence-corrected chi connectivity index (χ4v) is 5.29. The highest BCUT2D eigenvalue weighted by atomic mass is 35.5. The minimum atomic E-state index is -0.323. The Morgan fingerprint density at radius 2 is 2.03 bits per heavy atom. The zero-order valence-electron chi connectivity index (χ0n) is 16.4. The molecule has 29 heavy (non-hydrogen) atoms. The van der Waals surface area contributed by atoms with E-state index in [9.17, 15) is 9.59 Å². The Hall–Kier alpha value is -1.54. The van der Waals surface area contributed by atoms with Crippen LogP contribution in [-0.2, 0) is 10.5 Å². The molecule has 154 valence electrons. The number of H-pyrrole nitrogens is 1. The molecule has 0 aliphatic rings. The molecule has 0 saturated heterocycles. The third-order valence-corrected chi connectivity index (χ3v) is 7.53. The molecule has 9 heteroatoms. The number of benzene rings is 1. The zero-order valence-corrected chi connectivity index (χ0v) is 19.6. The molecule has 1 amide bonds. The molecule has 0 fully saturated rings. The van der Waals surface area contributed by atoms with E-state index in [2.05, 4.69) is 15.3 Å². The van der Waals surface area contributed by atoms with E-state index in [4.69, 9.17) is 23.2 Å². The molecule has 0 spiro atoms. The Bertz CT molecular complexity index is 1130. The van der Waals surface area contributed by atoms with E-state index in [1.807, 2.05) is 33.8 Å². The van der Waals surface area contributed by atoms with Gasteiger partial charge in [0.15, 0.2) is 0 Å². The quantitative estimate of drug-likeness (QED) is 0.506. The van der Waals surface area contributed by atoms with Gasteiger partial charge in [0.1, 0.15) is 10.7 Å². The highest BCUT2D eigenvalue weighted by Crippen LogP contribution is 2.28. The number of hydrogen-bond donors (Lipinski definition) is 2. The van der Waals surface area contributed by atoms with Crippen molar-refractivity contribution in [2.24, 2.45) is 0 Å². The molecule has 0 aliphatic heterocycles. The van der Waals surface area contributed by atoms with Crippen molar-refractivity contribution in [3.63, 3.8) is 0 Å². The van der Waals surface area contributed by atoms with E-state index in [1.54, 1.807) is 12.1 Å². The van der Waals surface area contributed by atoms with E-state index < -0.39 is 0 Å². The molecule has 0 aliphatic carbocycles. The summed E-state index contributed by atoms with van der Waals surface area (Å²) in [5.41, 5.74) is 1.65. The summed E-state index contributed by atoms with van der Waals surface area (Å²) in [4.78, 5) is 34.2. The molecule has 2 N–H and O–H groups in total. The lowest BCUT2D eigenvalue weighted by Crippen LogP contribution is -2.33. The van der Waals surface area contributed by atoms with Crippen molar-refractivity contribution in [1.29, 1.82) is 0 Å². The van der Waals surface area contributed by atoms with Crippen LogP contribution in [0.15, 0.2) is 23.0 Å². The third kappa shape index (κ3) is 4.97. The van der Waals surface area contributed by atoms with Crippen LogP contribution in [0.4, 0.5) is 0 Å². The van der Waals surface area contributed by atoms with Gasteiger partial charge in [-0.25, -0.2) is 4.98 Å². The standard InChI is InChI=1S/C20H21Cl2N3O2S2/c1-9-11(3)29-20-17(9)19(27)24-16(25-20)8-28-12(4)18(26)23-10(2)14-6-5-13(21)7-15(14)22/h5-7,10,12H,8H2,1-4H3,(H,23,26)(H,24,25,27). The lowest BCUT2D eigenvalue weighted by atomic mass is 10.1. The fraction of sp³-hybridized carbons (Fsp3) is 0.350. The van der Waals surface area contributed by atoms with Crippen LogP contribution in [0.2, 0.25) is 10.0 Å². The molecule has 0 bridgehead atoms. The van der Waals surface area contributed by atoms with Gasteiger partial charge in [-0.15, -0.1) is 23.1 Å². The van der Waals surface area contributed by atoms with Gasteiger partial charge in [0.25, 0.3) is 5.56 Å². The second-order valence-corrected chi connectivity index (χ2v) is 10.2. The number of fused-ring (bicyclic) bond motifs is 1. The second kappa shape index (κ2) is 9.08. The minimum Gasteiger partial charge on any atom is -0.349 e. The van der Waals surface area contributed by atoms with Gasteiger partial charge in [0.05, 0.1) is 22.4 Å². The molecular formula is C20H21Cl2N3O2S2. The average Bonchev–Trinajstić information content (AvgIpc) is 2.93. The van der Waals surface area contributed by atoms with E-state index in [1.165, 1.54) is 23.1 Å². The van der Waals surface area contributed by atoms with E-state index in [0.717, 1.165) is 20.8 Å². The van der Waals surface area contributed by atoms with Gasteiger partial charge in [-0.2, -0.15) is 0 Å². The monoisotopic (exact) mass is 469 g/mol. The number of thiophene rings is 1. The maximum atomic E-state index is 12.6. The summed E-state index contributed by atoms with van der Waals surface area (Å²) < 4.78 is 0. The molecule has 1 aromatic carbocycles. The lowest BCUT2D eigenvalue weighted by Gasteiger charge is -2.18. The number of aryl methyl sites for hydroxylation is 2. The molecule has 2 heterocycles. The third-order valence-electron chi connectivity index (χ3n) is 4.72. The van der Waals surface area contributed by atoms with E-state index >= 15 is 0 Å². The van der Waals surface area contributed by atoms with Crippen LogP contribution in [0.5, 0.6) is 0 Å². The highest BCUT2D eigenvalue weighted by Gasteiger charge is 2.19.